The zero-order chi connectivity index (χ0) is 15.7. The number of hydrogen-bond acceptors (Lipinski definition) is 3. The molecule has 22 heavy (non-hydrogen) atoms. The number of benzene rings is 1. The third-order valence-corrected chi connectivity index (χ3v) is 4.41. The Morgan fingerprint density at radius 1 is 1.36 bits per heavy atom. The van der Waals surface area contributed by atoms with Crippen LogP contribution >= 0.6 is 0 Å². The molecule has 1 aromatic carbocycles. The SMILES string of the molecule is CCC(=O)N1CCc2cc(C(=O)N(CCO)C3CC3)ccc21. The zero-order valence-corrected chi connectivity index (χ0v) is 12.9. The summed E-state index contributed by atoms with van der Waals surface area (Å²) in [6.07, 6.45) is 3.34. The van der Waals surface area contributed by atoms with Crippen LogP contribution in [-0.2, 0) is 11.2 Å². The first-order valence-corrected chi connectivity index (χ1v) is 8.00. The molecule has 118 valence electrons. The maximum atomic E-state index is 12.6. The van der Waals surface area contributed by atoms with Crippen LogP contribution in [0.3, 0.4) is 0 Å². The van der Waals surface area contributed by atoms with Crippen LogP contribution in [0, 0.1) is 0 Å². The molecule has 1 N–H and O–H groups in total. The Bertz CT molecular complexity index is 596. The lowest BCUT2D eigenvalue weighted by molar-refractivity contribution is -0.118. The fourth-order valence-corrected chi connectivity index (χ4v) is 3.09. The molecule has 2 aliphatic rings. The molecule has 0 aromatic heterocycles. The highest BCUT2D eigenvalue weighted by molar-refractivity contribution is 5.98. The second-order valence-electron chi connectivity index (χ2n) is 5.95. The average molecular weight is 302 g/mol. The maximum absolute atomic E-state index is 12.6. The van der Waals surface area contributed by atoms with E-state index in [0.29, 0.717) is 25.1 Å². The molecule has 0 unspecified atom stereocenters. The minimum Gasteiger partial charge on any atom is -0.395 e. The van der Waals surface area contributed by atoms with Crippen molar-refractivity contribution in [2.45, 2.75) is 38.6 Å². The minimum atomic E-state index is -0.0142. The summed E-state index contributed by atoms with van der Waals surface area (Å²) in [7, 11) is 0. The standard InChI is InChI=1S/C17H22N2O3/c1-2-16(21)19-8-7-12-11-13(3-6-15(12)19)17(22)18(9-10-20)14-4-5-14/h3,6,11,14,20H,2,4-5,7-10H2,1H3. The summed E-state index contributed by atoms with van der Waals surface area (Å²) in [5.74, 6) is 0.109. The second-order valence-corrected chi connectivity index (χ2v) is 5.95. The number of carbonyl (C=O) groups is 2. The normalized spacial score (nSPS) is 16.5. The Morgan fingerprint density at radius 2 is 2.14 bits per heavy atom. The van der Waals surface area contributed by atoms with Crippen molar-refractivity contribution in [1.82, 2.24) is 4.90 Å². The van der Waals surface area contributed by atoms with E-state index in [4.69, 9.17) is 5.11 Å². The molecule has 0 atom stereocenters. The van der Waals surface area contributed by atoms with Crippen molar-refractivity contribution in [3.63, 3.8) is 0 Å². The summed E-state index contributed by atoms with van der Waals surface area (Å²) < 4.78 is 0. The van der Waals surface area contributed by atoms with Crippen LogP contribution in [-0.4, -0.2) is 47.6 Å². The van der Waals surface area contributed by atoms with E-state index in [9.17, 15) is 9.59 Å². The fourth-order valence-electron chi connectivity index (χ4n) is 3.09. The van der Waals surface area contributed by atoms with E-state index in [-0.39, 0.29) is 24.5 Å². The monoisotopic (exact) mass is 302 g/mol. The second kappa shape index (κ2) is 6.08. The van der Waals surface area contributed by atoms with Gasteiger partial charge < -0.3 is 14.9 Å². The molecule has 1 fully saturated rings. The van der Waals surface area contributed by atoms with E-state index in [0.717, 1.165) is 30.5 Å². The van der Waals surface area contributed by atoms with Crippen molar-refractivity contribution in [3.05, 3.63) is 29.3 Å². The maximum Gasteiger partial charge on any atom is 0.254 e. The van der Waals surface area contributed by atoms with E-state index in [1.807, 2.05) is 19.1 Å². The number of nitrogens with zero attached hydrogens (tertiary/aromatic N) is 2. The Kier molecular flexibility index (Phi) is 4.16. The number of aliphatic hydroxyl groups is 1. The highest BCUT2D eigenvalue weighted by atomic mass is 16.3. The van der Waals surface area contributed by atoms with Gasteiger partial charge in [0.05, 0.1) is 6.61 Å². The summed E-state index contributed by atoms with van der Waals surface area (Å²) in [6.45, 7) is 2.94. The van der Waals surface area contributed by atoms with Gasteiger partial charge in [0.15, 0.2) is 0 Å². The van der Waals surface area contributed by atoms with Gasteiger partial charge in [0, 0.05) is 36.8 Å². The highest BCUT2D eigenvalue weighted by Crippen LogP contribution is 2.32. The van der Waals surface area contributed by atoms with Gasteiger partial charge in [0.2, 0.25) is 5.91 Å². The number of amides is 2. The van der Waals surface area contributed by atoms with E-state index in [1.54, 1.807) is 15.9 Å². The van der Waals surface area contributed by atoms with Gasteiger partial charge in [-0.15, -0.1) is 0 Å². The van der Waals surface area contributed by atoms with Gasteiger partial charge in [0.25, 0.3) is 5.91 Å². The number of hydrogen-bond donors (Lipinski definition) is 1. The van der Waals surface area contributed by atoms with Crippen LogP contribution in [0.5, 0.6) is 0 Å². The Labute approximate surface area is 130 Å². The molecular formula is C17H22N2O3. The van der Waals surface area contributed by atoms with Gasteiger partial charge in [-0.05, 0) is 43.0 Å². The first kappa shape index (κ1) is 15.0. The van der Waals surface area contributed by atoms with Crippen molar-refractivity contribution < 1.29 is 14.7 Å². The lowest BCUT2D eigenvalue weighted by Gasteiger charge is -2.22. The van der Waals surface area contributed by atoms with Crippen molar-refractivity contribution in [1.29, 1.82) is 0 Å². The Balaban J connectivity index is 1.82. The summed E-state index contributed by atoms with van der Waals surface area (Å²) in [5.41, 5.74) is 2.65. The van der Waals surface area contributed by atoms with Crippen LogP contribution in [0.4, 0.5) is 5.69 Å². The van der Waals surface area contributed by atoms with E-state index in [2.05, 4.69) is 0 Å². The predicted molar refractivity (Wildman–Crippen MR) is 83.9 cm³/mol. The molecule has 3 rings (SSSR count). The van der Waals surface area contributed by atoms with Gasteiger partial charge in [-0.3, -0.25) is 9.59 Å². The quantitative estimate of drug-likeness (QED) is 0.898. The summed E-state index contributed by atoms with van der Waals surface area (Å²) in [5, 5.41) is 9.15. The zero-order valence-electron chi connectivity index (χ0n) is 12.9. The van der Waals surface area contributed by atoms with Crippen molar-refractivity contribution in [2.75, 3.05) is 24.6 Å². The smallest absolute Gasteiger partial charge is 0.254 e. The molecule has 1 aliphatic heterocycles. The first-order chi connectivity index (χ1) is 10.7. The van der Waals surface area contributed by atoms with Crippen molar-refractivity contribution in [2.24, 2.45) is 0 Å². The Morgan fingerprint density at radius 3 is 2.77 bits per heavy atom. The predicted octanol–water partition coefficient (Wildman–Crippen LogP) is 1.58. The number of carbonyl (C=O) groups excluding carboxylic acids is 2. The van der Waals surface area contributed by atoms with Gasteiger partial charge >= 0.3 is 0 Å². The molecule has 0 radical (unpaired) electrons. The summed E-state index contributed by atoms with van der Waals surface area (Å²) >= 11 is 0. The minimum absolute atomic E-state index is 0.00798. The molecule has 2 amide bonds. The van der Waals surface area contributed by atoms with Gasteiger partial charge in [0.1, 0.15) is 0 Å². The molecule has 1 aromatic rings. The molecule has 0 saturated heterocycles. The Hall–Kier alpha value is -1.88. The van der Waals surface area contributed by atoms with Crippen LogP contribution < -0.4 is 4.90 Å². The molecule has 5 heteroatoms. The van der Waals surface area contributed by atoms with Gasteiger partial charge in [-0.1, -0.05) is 6.92 Å². The van der Waals surface area contributed by atoms with E-state index < -0.39 is 0 Å². The molecular weight excluding hydrogens is 280 g/mol. The van der Waals surface area contributed by atoms with Gasteiger partial charge in [-0.25, -0.2) is 0 Å². The van der Waals surface area contributed by atoms with Crippen LogP contribution in [0.25, 0.3) is 0 Å². The summed E-state index contributed by atoms with van der Waals surface area (Å²) in [4.78, 5) is 28.1. The van der Waals surface area contributed by atoms with Crippen LogP contribution in [0.2, 0.25) is 0 Å². The molecule has 1 saturated carbocycles. The molecule has 5 nitrogen and oxygen atoms in total. The number of anilines is 1. The van der Waals surface area contributed by atoms with E-state index in [1.165, 1.54) is 0 Å². The van der Waals surface area contributed by atoms with Crippen LogP contribution in [0.1, 0.15) is 42.1 Å². The number of rotatable bonds is 5. The molecule has 1 heterocycles. The van der Waals surface area contributed by atoms with Crippen LogP contribution in [0.15, 0.2) is 18.2 Å². The highest BCUT2D eigenvalue weighted by Gasteiger charge is 2.33. The molecule has 0 bridgehead atoms. The third kappa shape index (κ3) is 2.73. The van der Waals surface area contributed by atoms with E-state index >= 15 is 0 Å². The third-order valence-electron chi connectivity index (χ3n) is 4.41. The molecule has 1 aliphatic carbocycles. The summed E-state index contributed by atoms with van der Waals surface area (Å²) in [6, 6.07) is 5.88. The lowest BCUT2D eigenvalue weighted by atomic mass is 10.1. The first-order valence-electron chi connectivity index (χ1n) is 8.00. The number of fused-ring (bicyclic) bond motifs is 1. The van der Waals surface area contributed by atoms with Gasteiger partial charge in [-0.2, -0.15) is 0 Å². The van der Waals surface area contributed by atoms with Crippen molar-refractivity contribution in [3.8, 4) is 0 Å². The van der Waals surface area contributed by atoms with Crippen molar-refractivity contribution >= 4 is 17.5 Å². The largest absolute Gasteiger partial charge is 0.395 e. The average Bonchev–Trinajstić information content (AvgIpc) is 3.29. The molecule has 0 spiro atoms. The topological polar surface area (TPSA) is 60.9 Å². The lowest BCUT2D eigenvalue weighted by Crippen LogP contribution is -2.35. The fraction of sp³-hybridized carbons (Fsp3) is 0.529. The number of aliphatic hydroxyl groups excluding tert-OH is 1.